The summed E-state index contributed by atoms with van der Waals surface area (Å²) in [6.45, 7) is 4.20. The number of hydrogen-bond donors (Lipinski definition) is 1. The molecule has 0 saturated heterocycles. The smallest absolute Gasteiger partial charge is 0.130 e. The SMILES string of the molecule is CC(C)n1c(C2(N)CCCCC2)nc2ccc(F)cc21. The molecular formula is C16H22FN3. The average molecular weight is 275 g/mol. The van der Waals surface area contributed by atoms with Crippen LogP contribution in [0.5, 0.6) is 0 Å². The minimum Gasteiger partial charge on any atom is -0.324 e. The Morgan fingerprint density at radius 3 is 2.60 bits per heavy atom. The monoisotopic (exact) mass is 275 g/mol. The largest absolute Gasteiger partial charge is 0.324 e. The van der Waals surface area contributed by atoms with Crippen molar-refractivity contribution in [2.45, 2.75) is 57.5 Å². The maximum absolute atomic E-state index is 13.6. The molecule has 1 aliphatic rings. The number of hydrogen-bond acceptors (Lipinski definition) is 2. The Morgan fingerprint density at radius 1 is 1.25 bits per heavy atom. The van der Waals surface area contributed by atoms with E-state index in [4.69, 9.17) is 10.7 Å². The molecule has 1 saturated carbocycles. The zero-order valence-corrected chi connectivity index (χ0v) is 12.2. The van der Waals surface area contributed by atoms with Crippen molar-refractivity contribution in [1.29, 1.82) is 0 Å². The second kappa shape index (κ2) is 4.85. The molecule has 2 N–H and O–H groups in total. The quantitative estimate of drug-likeness (QED) is 0.904. The molecule has 1 aromatic heterocycles. The lowest BCUT2D eigenvalue weighted by molar-refractivity contribution is 0.275. The van der Waals surface area contributed by atoms with Gasteiger partial charge in [0.25, 0.3) is 0 Å². The summed E-state index contributed by atoms with van der Waals surface area (Å²) in [6.07, 6.45) is 5.46. The van der Waals surface area contributed by atoms with E-state index in [1.807, 2.05) is 0 Å². The van der Waals surface area contributed by atoms with Gasteiger partial charge in [0.1, 0.15) is 11.6 Å². The van der Waals surface area contributed by atoms with Gasteiger partial charge in [0.05, 0.1) is 16.6 Å². The van der Waals surface area contributed by atoms with Crippen LogP contribution < -0.4 is 5.73 Å². The van der Waals surface area contributed by atoms with Crippen LogP contribution in [0, 0.1) is 5.82 Å². The number of nitrogens with two attached hydrogens (primary N) is 1. The van der Waals surface area contributed by atoms with Crippen molar-refractivity contribution in [2.24, 2.45) is 5.73 Å². The molecule has 1 aliphatic carbocycles. The second-order valence-corrected chi connectivity index (χ2v) is 6.25. The number of benzene rings is 1. The summed E-state index contributed by atoms with van der Waals surface area (Å²) in [6, 6.07) is 5.00. The number of rotatable bonds is 2. The van der Waals surface area contributed by atoms with Crippen molar-refractivity contribution in [3.8, 4) is 0 Å². The van der Waals surface area contributed by atoms with Crippen LogP contribution in [0.1, 0.15) is 57.8 Å². The van der Waals surface area contributed by atoms with Crippen LogP contribution in [-0.2, 0) is 5.54 Å². The van der Waals surface area contributed by atoms with E-state index in [0.29, 0.717) is 0 Å². The fraction of sp³-hybridized carbons (Fsp3) is 0.562. The summed E-state index contributed by atoms with van der Waals surface area (Å²) < 4.78 is 15.7. The first-order valence-electron chi connectivity index (χ1n) is 7.48. The third-order valence-electron chi connectivity index (χ3n) is 4.36. The summed E-state index contributed by atoms with van der Waals surface area (Å²) in [4.78, 5) is 4.74. The van der Waals surface area contributed by atoms with Gasteiger partial charge in [0, 0.05) is 6.04 Å². The van der Waals surface area contributed by atoms with E-state index in [1.54, 1.807) is 12.1 Å². The summed E-state index contributed by atoms with van der Waals surface area (Å²) in [5.41, 5.74) is 7.97. The normalized spacial score (nSPS) is 18.9. The van der Waals surface area contributed by atoms with E-state index in [2.05, 4.69) is 18.4 Å². The Bertz CT molecular complexity index is 624. The number of aromatic nitrogens is 2. The van der Waals surface area contributed by atoms with Gasteiger partial charge in [-0.3, -0.25) is 0 Å². The highest BCUT2D eigenvalue weighted by Gasteiger charge is 2.35. The topological polar surface area (TPSA) is 43.8 Å². The summed E-state index contributed by atoms with van der Waals surface area (Å²) in [5, 5.41) is 0. The van der Waals surface area contributed by atoms with Gasteiger partial charge in [0.2, 0.25) is 0 Å². The molecule has 0 bridgehead atoms. The van der Waals surface area contributed by atoms with E-state index in [9.17, 15) is 4.39 Å². The maximum Gasteiger partial charge on any atom is 0.130 e. The summed E-state index contributed by atoms with van der Waals surface area (Å²) in [5.74, 6) is 0.702. The van der Waals surface area contributed by atoms with Gasteiger partial charge in [-0.2, -0.15) is 0 Å². The van der Waals surface area contributed by atoms with Gasteiger partial charge < -0.3 is 10.3 Å². The van der Waals surface area contributed by atoms with Gasteiger partial charge in [-0.1, -0.05) is 19.3 Å². The lowest BCUT2D eigenvalue weighted by Crippen LogP contribution is -2.41. The summed E-state index contributed by atoms with van der Waals surface area (Å²) >= 11 is 0. The van der Waals surface area contributed by atoms with Crippen LogP contribution in [0.25, 0.3) is 11.0 Å². The predicted octanol–water partition coefficient (Wildman–Crippen LogP) is 3.87. The molecule has 0 spiro atoms. The molecule has 3 rings (SSSR count). The lowest BCUT2D eigenvalue weighted by Gasteiger charge is -2.34. The number of imidazole rings is 1. The first-order valence-corrected chi connectivity index (χ1v) is 7.48. The van der Waals surface area contributed by atoms with Gasteiger partial charge in [-0.15, -0.1) is 0 Å². The van der Waals surface area contributed by atoms with Crippen LogP contribution in [-0.4, -0.2) is 9.55 Å². The molecule has 1 fully saturated rings. The van der Waals surface area contributed by atoms with Crippen molar-refractivity contribution < 1.29 is 4.39 Å². The standard InChI is InChI=1S/C16H22FN3/c1-11(2)20-14-10-12(17)6-7-13(14)19-15(20)16(18)8-4-3-5-9-16/h6-7,10-11H,3-5,8-9,18H2,1-2H3. The first kappa shape index (κ1) is 13.6. The highest BCUT2D eigenvalue weighted by atomic mass is 19.1. The van der Waals surface area contributed by atoms with E-state index in [-0.39, 0.29) is 17.4 Å². The van der Waals surface area contributed by atoms with Crippen molar-refractivity contribution >= 4 is 11.0 Å². The Morgan fingerprint density at radius 2 is 1.95 bits per heavy atom. The minimum atomic E-state index is -0.363. The molecule has 0 aliphatic heterocycles. The Kier molecular flexibility index (Phi) is 3.28. The van der Waals surface area contributed by atoms with Crippen LogP contribution in [0.15, 0.2) is 18.2 Å². The van der Waals surface area contributed by atoms with Gasteiger partial charge in [0.15, 0.2) is 0 Å². The Balaban J connectivity index is 2.21. The highest BCUT2D eigenvalue weighted by Crippen LogP contribution is 2.37. The average Bonchev–Trinajstić information content (AvgIpc) is 2.79. The molecule has 0 radical (unpaired) electrons. The van der Waals surface area contributed by atoms with Crippen LogP contribution >= 0.6 is 0 Å². The fourth-order valence-corrected chi connectivity index (χ4v) is 3.35. The number of nitrogens with zero attached hydrogens (tertiary/aromatic N) is 2. The third kappa shape index (κ3) is 2.12. The highest BCUT2D eigenvalue weighted by molar-refractivity contribution is 5.76. The molecular weight excluding hydrogens is 253 g/mol. The van der Waals surface area contributed by atoms with Crippen LogP contribution in [0.3, 0.4) is 0 Å². The zero-order valence-electron chi connectivity index (χ0n) is 12.2. The molecule has 0 unspecified atom stereocenters. The number of halogens is 1. The molecule has 1 heterocycles. The second-order valence-electron chi connectivity index (χ2n) is 6.25. The van der Waals surface area contributed by atoms with Crippen LogP contribution in [0.4, 0.5) is 4.39 Å². The van der Waals surface area contributed by atoms with E-state index >= 15 is 0 Å². The van der Waals surface area contributed by atoms with Crippen LogP contribution in [0.2, 0.25) is 0 Å². The molecule has 4 heteroatoms. The van der Waals surface area contributed by atoms with Crippen molar-refractivity contribution in [3.63, 3.8) is 0 Å². The number of fused-ring (bicyclic) bond motifs is 1. The van der Waals surface area contributed by atoms with Gasteiger partial charge in [-0.25, -0.2) is 9.37 Å². The molecule has 3 nitrogen and oxygen atoms in total. The van der Waals surface area contributed by atoms with E-state index in [0.717, 1.165) is 42.5 Å². The van der Waals surface area contributed by atoms with Gasteiger partial charge in [-0.05, 0) is 44.9 Å². The summed E-state index contributed by atoms with van der Waals surface area (Å²) in [7, 11) is 0. The molecule has 108 valence electrons. The molecule has 20 heavy (non-hydrogen) atoms. The fourth-order valence-electron chi connectivity index (χ4n) is 3.35. The van der Waals surface area contributed by atoms with E-state index in [1.165, 1.54) is 12.5 Å². The van der Waals surface area contributed by atoms with E-state index < -0.39 is 0 Å². The maximum atomic E-state index is 13.6. The van der Waals surface area contributed by atoms with Crippen molar-refractivity contribution in [3.05, 3.63) is 29.8 Å². The Hall–Kier alpha value is -1.42. The zero-order chi connectivity index (χ0) is 14.3. The minimum absolute atomic E-state index is 0.221. The molecule has 2 aromatic rings. The first-order chi connectivity index (χ1) is 9.51. The predicted molar refractivity (Wildman–Crippen MR) is 79.0 cm³/mol. The van der Waals surface area contributed by atoms with Crippen molar-refractivity contribution in [1.82, 2.24) is 9.55 Å². The molecule has 0 atom stereocenters. The molecule has 1 aromatic carbocycles. The molecule has 0 amide bonds. The van der Waals surface area contributed by atoms with Gasteiger partial charge >= 0.3 is 0 Å². The third-order valence-corrected chi connectivity index (χ3v) is 4.36. The van der Waals surface area contributed by atoms with Crippen molar-refractivity contribution in [2.75, 3.05) is 0 Å². The lowest BCUT2D eigenvalue weighted by atomic mass is 9.82. The Labute approximate surface area is 119 Å².